The molecular formula is C15H15N3O2S. The summed E-state index contributed by atoms with van der Waals surface area (Å²) < 4.78 is 2.15. The molecule has 0 bridgehead atoms. The third-order valence-electron chi connectivity index (χ3n) is 3.42. The standard InChI is InChI=1S/C15H15N3O2S/c1-9-8-21-15-17-10(2)13(18(9)15)7-16-12-5-3-11(4-6-12)14(19)20/h3-6,8,16H,7H2,1-2H3,(H,19,20). The van der Waals surface area contributed by atoms with Crippen LogP contribution >= 0.6 is 11.3 Å². The van der Waals surface area contributed by atoms with Crippen molar-refractivity contribution in [1.82, 2.24) is 9.38 Å². The summed E-state index contributed by atoms with van der Waals surface area (Å²) in [5.74, 6) is -0.913. The Hall–Kier alpha value is -2.34. The first-order chi connectivity index (χ1) is 10.1. The van der Waals surface area contributed by atoms with Crippen molar-refractivity contribution in [3.63, 3.8) is 0 Å². The van der Waals surface area contributed by atoms with Gasteiger partial charge >= 0.3 is 5.97 Å². The first-order valence-electron chi connectivity index (χ1n) is 6.55. The summed E-state index contributed by atoms with van der Waals surface area (Å²) in [6.07, 6.45) is 0. The molecule has 0 aliphatic rings. The molecule has 5 nitrogen and oxygen atoms in total. The first-order valence-corrected chi connectivity index (χ1v) is 7.43. The van der Waals surface area contributed by atoms with E-state index in [1.54, 1.807) is 35.6 Å². The van der Waals surface area contributed by atoms with Crippen LogP contribution in [-0.4, -0.2) is 20.5 Å². The molecule has 0 radical (unpaired) electrons. The Balaban J connectivity index is 1.81. The van der Waals surface area contributed by atoms with Crippen LogP contribution in [0.4, 0.5) is 5.69 Å². The maximum Gasteiger partial charge on any atom is 0.335 e. The molecule has 6 heteroatoms. The Labute approximate surface area is 125 Å². The number of carbonyl (C=O) groups is 1. The Morgan fingerprint density at radius 2 is 2.05 bits per heavy atom. The van der Waals surface area contributed by atoms with Gasteiger partial charge in [-0.3, -0.25) is 4.40 Å². The fraction of sp³-hybridized carbons (Fsp3) is 0.200. The van der Waals surface area contributed by atoms with Crippen molar-refractivity contribution >= 4 is 28.0 Å². The number of nitrogens with zero attached hydrogens (tertiary/aromatic N) is 2. The molecular weight excluding hydrogens is 286 g/mol. The summed E-state index contributed by atoms with van der Waals surface area (Å²) in [6, 6.07) is 6.74. The molecule has 0 fully saturated rings. The molecule has 0 amide bonds. The normalized spacial score (nSPS) is 11.0. The number of benzene rings is 1. The van der Waals surface area contributed by atoms with Crippen LogP contribution in [0.3, 0.4) is 0 Å². The third kappa shape index (κ3) is 2.50. The zero-order valence-electron chi connectivity index (χ0n) is 11.8. The average molecular weight is 301 g/mol. The molecule has 0 saturated carbocycles. The summed E-state index contributed by atoms with van der Waals surface area (Å²) in [4.78, 5) is 16.4. The number of aryl methyl sites for hydroxylation is 2. The number of rotatable bonds is 4. The quantitative estimate of drug-likeness (QED) is 0.775. The van der Waals surface area contributed by atoms with E-state index >= 15 is 0 Å². The van der Waals surface area contributed by atoms with Gasteiger partial charge in [0.05, 0.1) is 23.5 Å². The lowest BCUT2D eigenvalue weighted by Gasteiger charge is -2.08. The van der Waals surface area contributed by atoms with Gasteiger partial charge in [0.1, 0.15) is 0 Å². The summed E-state index contributed by atoms with van der Waals surface area (Å²) in [6.45, 7) is 4.72. The summed E-state index contributed by atoms with van der Waals surface area (Å²) in [5.41, 5.74) is 4.50. The lowest BCUT2D eigenvalue weighted by atomic mass is 10.2. The van der Waals surface area contributed by atoms with Crippen LogP contribution in [0.5, 0.6) is 0 Å². The van der Waals surface area contributed by atoms with Crippen LogP contribution in [0, 0.1) is 13.8 Å². The zero-order chi connectivity index (χ0) is 15.0. The minimum Gasteiger partial charge on any atom is -0.478 e. The van der Waals surface area contributed by atoms with E-state index in [2.05, 4.69) is 27.0 Å². The zero-order valence-corrected chi connectivity index (χ0v) is 12.6. The molecule has 1 aromatic carbocycles. The van der Waals surface area contributed by atoms with Gasteiger partial charge in [0.25, 0.3) is 0 Å². The van der Waals surface area contributed by atoms with Crippen LogP contribution < -0.4 is 5.32 Å². The monoisotopic (exact) mass is 301 g/mol. The molecule has 2 heterocycles. The molecule has 0 unspecified atom stereocenters. The highest BCUT2D eigenvalue weighted by atomic mass is 32.1. The first kappa shape index (κ1) is 13.6. The highest BCUT2D eigenvalue weighted by Gasteiger charge is 2.11. The van der Waals surface area contributed by atoms with E-state index in [1.807, 2.05) is 6.92 Å². The highest BCUT2D eigenvalue weighted by Crippen LogP contribution is 2.21. The number of aromatic nitrogens is 2. The van der Waals surface area contributed by atoms with Gasteiger partial charge in [-0.25, -0.2) is 9.78 Å². The smallest absolute Gasteiger partial charge is 0.335 e. The number of carboxylic acid groups (broad SMARTS) is 1. The van der Waals surface area contributed by atoms with Crippen molar-refractivity contribution in [1.29, 1.82) is 0 Å². The summed E-state index contributed by atoms with van der Waals surface area (Å²) in [5, 5.41) is 14.3. The number of carboxylic acids is 1. The van der Waals surface area contributed by atoms with Gasteiger partial charge in [0.15, 0.2) is 4.96 Å². The molecule has 0 spiro atoms. The fourth-order valence-electron chi connectivity index (χ4n) is 2.29. The van der Waals surface area contributed by atoms with Crippen molar-refractivity contribution in [3.05, 3.63) is 52.3 Å². The molecule has 21 heavy (non-hydrogen) atoms. The largest absolute Gasteiger partial charge is 0.478 e. The summed E-state index contributed by atoms with van der Waals surface area (Å²) in [7, 11) is 0. The topological polar surface area (TPSA) is 66.6 Å². The van der Waals surface area contributed by atoms with Crippen molar-refractivity contribution < 1.29 is 9.90 Å². The molecule has 108 valence electrons. The summed E-state index contributed by atoms with van der Waals surface area (Å²) >= 11 is 1.63. The van der Waals surface area contributed by atoms with Gasteiger partial charge in [-0.2, -0.15) is 0 Å². The Morgan fingerprint density at radius 1 is 1.33 bits per heavy atom. The third-order valence-corrected chi connectivity index (χ3v) is 4.37. The fourth-order valence-corrected chi connectivity index (χ4v) is 3.22. The number of nitrogens with one attached hydrogen (secondary N) is 1. The number of fused-ring (bicyclic) bond motifs is 1. The van der Waals surface area contributed by atoms with Crippen LogP contribution in [0.1, 0.15) is 27.4 Å². The van der Waals surface area contributed by atoms with Crippen molar-refractivity contribution in [2.24, 2.45) is 0 Å². The van der Waals surface area contributed by atoms with Crippen molar-refractivity contribution in [3.8, 4) is 0 Å². The SMILES string of the molecule is Cc1nc2scc(C)n2c1CNc1ccc(C(=O)O)cc1. The van der Waals surface area contributed by atoms with Crippen molar-refractivity contribution in [2.75, 3.05) is 5.32 Å². The lowest BCUT2D eigenvalue weighted by Crippen LogP contribution is -2.05. The van der Waals surface area contributed by atoms with Crippen LogP contribution in [0.25, 0.3) is 4.96 Å². The molecule has 0 aliphatic carbocycles. The van der Waals surface area contributed by atoms with E-state index in [4.69, 9.17) is 5.11 Å². The second-order valence-electron chi connectivity index (χ2n) is 4.88. The molecule has 2 N–H and O–H groups in total. The van der Waals surface area contributed by atoms with Gasteiger partial charge in [-0.1, -0.05) is 0 Å². The number of aromatic carboxylic acids is 1. The van der Waals surface area contributed by atoms with Gasteiger partial charge in [0.2, 0.25) is 0 Å². The van der Waals surface area contributed by atoms with Crippen LogP contribution in [0.2, 0.25) is 0 Å². The van der Waals surface area contributed by atoms with E-state index in [-0.39, 0.29) is 5.56 Å². The van der Waals surface area contributed by atoms with Gasteiger partial charge in [-0.05, 0) is 38.1 Å². The van der Waals surface area contributed by atoms with Crippen LogP contribution in [-0.2, 0) is 6.54 Å². The highest BCUT2D eigenvalue weighted by molar-refractivity contribution is 7.15. The van der Waals surface area contributed by atoms with Crippen molar-refractivity contribution in [2.45, 2.75) is 20.4 Å². The Kier molecular flexibility index (Phi) is 3.39. The minimum atomic E-state index is -0.913. The maximum absolute atomic E-state index is 10.8. The number of imidazole rings is 1. The molecule has 0 aliphatic heterocycles. The molecule has 2 aromatic heterocycles. The van der Waals surface area contributed by atoms with E-state index < -0.39 is 5.97 Å². The molecule has 3 aromatic rings. The van der Waals surface area contributed by atoms with E-state index in [1.165, 1.54) is 5.69 Å². The number of thiazole rings is 1. The number of hydrogen-bond acceptors (Lipinski definition) is 4. The van der Waals surface area contributed by atoms with E-state index in [0.29, 0.717) is 6.54 Å². The van der Waals surface area contributed by atoms with Crippen LogP contribution in [0.15, 0.2) is 29.6 Å². The Bertz CT molecular complexity index is 802. The predicted molar refractivity (Wildman–Crippen MR) is 83.3 cm³/mol. The van der Waals surface area contributed by atoms with E-state index in [0.717, 1.165) is 22.0 Å². The Morgan fingerprint density at radius 3 is 2.71 bits per heavy atom. The van der Waals surface area contributed by atoms with Gasteiger partial charge in [0, 0.05) is 16.8 Å². The lowest BCUT2D eigenvalue weighted by molar-refractivity contribution is 0.0697. The number of anilines is 1. The molecule has 3 rings (SSSR count). The molecule has 0 atom stereocenters. The second-order valence-corrected chi connectivity index (χ2v) is 5.71. The maximum atomic E-state index is 10.8. The second kappa shape index (κ2) is 5.21. The number of hydrogen-bond donors (Lipinski definition) is 2. The van der Waals surface area contributed by atoms with E-state index in [9.17, 15) is 4.79 Å². The van der Waals surface area contributed by atoms with Gasteiger partial charge < -0.3 is 10.4 Å². The predicted octanol–water partition coefficient (Wildman–Crippen LogP) is 3.32. The molecule has 0 saturated heterocycles. The minimum absolute atomic E-state index is 0.289. The van der Waals surface area contributed by atoms with Gasteiger partial charge in [-0.15, -0.1) is 11.3 Å². The average Bonchev–Trinajstić information content (AvgIpc) is 2.97.